The van der Waals surface area contributed by atoms with Crippen LogP contribution < -0.4 is 0 Å². The second-order valence-corrected chi connectivity index (χ2v) is 7.41. The molecule has 0 aliphatic rings. The molecule has 0 saturated heterocycles. The molecule has 4 aromatic rings. The number of alkyl halides is 3. The first-order valence-corrected chi connectivity index (χ1v) is 9.87. The number of nitrogens with zero attached hydrogens (tertiary/aromatic N) is 2. The number of benzene rings is 3. The fourth-order valence-electron chi connectivity index (χ4n) is 3.62. The zero-order valence-electron chi connectivity index (χ0n) is 17.3. The summed E-state index contributed by atoms with van der Waals surface area (Å²) in [5.41, 5.74) is 0.991. The van der Waals surface area contributed by atoms with Gasteiger partial charge in [-0.15, -0.1) is 0 Å². The molecule has 0 spiro atoms. The van der Waals surface area contributed by atoms with Crippen molar-refractivity contribution in [2.24, 2.45) is 0 Å². The van der Waals surface area contributed by atoms with Crippen LogP contribution >= 0.6 is 0 Å². The summed E-state index contributed by atoms with van der Waals surface area (Å²) in [5, 5.41) is 22.6. The summed E-state index contributed by atoms with van der Waals surface area (Å²) in [6.07, 6.45) is -4.58. The number of rotatable bonds is 5. The Hall–Kier alpha value is -3.56. The molecule has 5 nitrogen and oxygen atoms in total. The Morgan fingerprint density at radius 2 is 1.61 bits per heavy atom. The van der Waals surface area contributed by atoms with E-state index in [2.05, 4.69) is 10.1 Å². The minimum Gasteiger partial charge on any atom is -0.392 e. The van der Waals surface area contributed by atoms with Gasteiger partial charge in [0, 0.05) is 5.56 Å². The van der Waals surface area contributed by atoms with E-state index in [1.165, 1.54) is 24.3 Å². The number of aryl methyl sites for hydroxylation is 1. The molecule has 0 amide bonds. The Morgan fingerprint density at radius 1 is 0.879 bits per heavy atom. The van der Waals surface area contributed by atoms with E-state index in [0.29, 0.717) is 22.3 Å². The van der Waals surface area contributed by atoms with Crippen LogP contribution in [0.3, 0.4) is 0 Å². The molecule has 0 unspecified atom stereocenters. The second-order valence-electron chi connectivity index (χ2n) is 7.41. The number of hydrogen-bond acceptors (Lipinski definition) is 5. The van der Waals surface area contributed by atoms with E-state index in [4.69, 9.17) is 4.52 Å². The number of halogens is 4. The van der Waals surface area contributed by atoms with Crippen molar-refractivity contribution in [3.05, 3.63) is 82.7 Å². The zero-order chi connectivity index (χ0) is 23.8. The summed E-state index contributed by atoms with van der Waals surface area (Å²) in [6, 6.07) is 12.2. The first-order chi connectivity index (χ1) is 15.7. The fourth-order valence-corrected chi connectivity index (χ4v) is 3.62. The van der Waals surface area contributed by atoms with Crippen LogP contribution in [0.1, 0.15) is 22.3 Å². The highest BCUT2D eigenvalue weighted by atomic mass is 19.4. The third kappa shape index (κ3) is 4.37. The topological polar surface area (TPSA) is 79.4 Å². The molecule has 4 rings (SSSR count). The summed E-state index contributed by atoms with van der Waals surface area (Å²) in [7, 11) is 0. The summed E-state index contributed by atoms with van der Waals surface area (Å²) >= 11 is 0. The van der Waals surface area contributed by atoms with Gasteiger partial charge in [0.25, 0.3) is 5.89 Å². The van der Waals surface area contributed by atoms with Gasteiger partial charge in [0.1, 0.15) is 5.82 Å². The van der Waals surface area contributed by atoms with Crippen molar-refractivity contribution in [3.63, 3.8) is 0 Å². The Balaban J connectivity index is 1.74. The number of aromatic nitrogens is 2. The maximum Gasteiger partial charge on any atom is 0.417 e. The van der Waals surface area contributed by atoms with Crippen molar-refractivity contribution >= 4 is 0 Å². The summed E-state index contributed by atoms with van der Waals surface area (Å²) < 4.78 is 60.4. The monoisotopic (exact) mass is 458 g/mol. The van der Waals surface area contributed by atoms with Crippen LogP contribution in [0, 0.1) is 12.7 Å². The molecule has 0 aliphatic heterocycles. The standard InChI is InChI=1S/C24H18F4N2O3/c1-13-8-19(21(25)10-18(13)17-4-2-3-5-20(17)24(26,27)28)23-29-22(30-33-23)14-6-7-15(11-31)16(9-14)12-32/h2-10,31-32H,11-12H2,1H3. The van der Waals surface area contributed by atoms with Crippen molar-refractivity contribution in [1.29, 1.82) is 0 Å². The van der Waals surface area contributed by atoms with Crippen molar-refractivity contribution in [2.45, 2.75) is 26.3 Å². The second kappa shape index (κ2) is 8.76. The molecular formula is C24H18F4N2O3. The molecule has 9 heteroatoms. The normalized spacial score (nSPS) is 11.7. The fraction of sp³-hybridized carbons (Fsp3) is 0.167. The van der Waals surface area contributed by atoms with Gasteiger partial charge in [-0.2, -0.15) is 18.2 Å². The zero-order valence-corrected chi connectivity index (χ0v) is 17.3. The molecule has 0 aliphatic carbocycles. The SMILES string of the molecule is Cc1cc(-c2nc(-c3ccc(CO)c(CO)c3)no2)c(F)cc1-c1ccccc1C(F)(F)F. The first kappa shape index (κ1) is 22.6. The summed E-state index contributed by atoms with van der Waals surface area (Å²) in [4.78, 5) is 4.20. The van der Waals surface area contributed by atoms with Gasteiger partial charge >= 0.3 is 6.18 Å². The molecule has 0 atom stereocenters. The summed E-state index contributed by atoms with van der Waals surface area (Å²) in [5.74, 6) is -0.819. The van der Waals surface area contributed by atoms with Gasteiger partial charge in [0.15, 0.2) is 0 Å². The van der Waals surface area contributed by atoms with Gasteiger partial charge in [-0.05, 0) is 59.0 Å². The van der Waals surface area contributed by atoms with E-state index in [0.717, 1.165) is 12.1 Å². The van der Waals surface area contributed by atoms with Crippen LogP contribution in [0.5, 0.6) is 0 Å². The van der Waals surface area contributed by atoms with Gasteiger partial charge in [-0.3, -0.25) is 0 Å². The lowest BCUT2D eigenvalue weighted by atomic mass is 9.94. The van der Waals surface area contributed by atoms with E-state index in [1.54, 1.807) is 25.1 Å². The molecule has 2 N–H and O–H groups in total. The molecule has 0 saturated carbocycles. The van der Waals surface area contributed by atoms with Crippen molar-refractivity contribution < 1.29 is 32.3 Å². The number of aliphatic hydroxyl groups excluding tert-OH is 2. The largest absolute Gasteiger partial charge is 0.417 e. The van der Waals surface area contributed by atoms with E-state index in [-0.39, 0.29) is 41.6 Å². The van der Waals surface area contributed by atoms with Gasteiger partial charge in [0.2, 0.25) is 5.82 Å². The van der Waals surface area contributed by atoms with Gasteiger partial charge in [-0.25, -0.2) is 4.39 Å². The van der Waals surface area contributed by atoms with E-state index in [9.17, 15) is 27.8 Å². The predicted octanol–water partition coefficient (Wildman–Crippen LogP) is 5.52. The van der Waals surface area contributed by atoms with Crippen LogP contribution in [0.15, 0.2) is 59.1 Å². The van der Waals surface area contributed by atoms with Crippen molar-refractivity contribution in [1.82, 2.24) is 10.1 Å². The predicted molar refractivity (Wildman–Crippen MR) is 112 cm³/mol. The van der Waals surface area contributed by atoms with Crippen LogP contribution in [0.2, 0.25) is 0 Å². The molecule has 0 radical (unpaired) electrons. The Kier molecular flexibility index (Phi) is 6.01. The first-order valence-electron chi connectivity index (χ1n) is 9.87. The minimum absolute atomic E-state index is 0.0474. The molecule has 170 valence electrons. The average molecular weight is 458 g/mol. The molecule has 33 heavy (non-hydrogen) atoms. The quantitative estimate of drug-likeness (QED) is 0.385. The van der Waals surface area contributed by atoms with Gasteiger partial charge < -0.3 is 14.7 Å². The highest BCUT2D eigenvalue weighted by Gasteiger charge is 2.34. The minimum atomic E-state index is -4.58. The Morgan fingerprint density at radius 3 is 2.30 bits per heavy atom. The van der Waals surface area contributed by atoms with Gasteiger partial charge in [0.05, 0.1) is 24.3 Å². The van der Waals surface area contributed by atoms with Crippen molar-refractivity contribution in [3.8, 4) is 34.0 Å². The lowest BCUT2D eigenvalue weighted by Crippen LogP contribution is -2.07. The van der Waals surface area contributed by atoms with E-state index >= 15 is 0 Å². The maximum absolute atomic E-state index is 15.0. The highest BCUT2D eigenvalue weighted by molar-refractivity contribution is 5.75. The van der Waals surface area contributed by atoms with Crippen LogP contribution in [0.25, 0.3) is 34.0 Å². The molecule has 1 aromatic heterocycles. The molecule has 1 heterocycles. The van der Waals surface area contributed by atoms with Crippen LogP contribution in [-0.2, 0) is 19.4 Å². The third-order valence-electron chi connectivity index (χ3n) is 5.30. The third-order valence-corrected chi connectivity index (χ3v) is 5.30. The number of aliphatic hydroxyl groups is 2. The summed E-state index contributed by atoms with van der Waals surface area (Å²) in [6.45, 7) is 1.02. The van der Waals surface area contributed by atoms with Crippen molar-refractivity contribution in [2.75, 3.05) is 0 Å². The van der Waals surface area contributed by atoms with E-state index < -0.39 is 17.6 Å². The molecular weight excluding hydrogens is 440 g/mol. The lowest BCUT2D eigenvalue weighted by molar-refractivity contribution is -0.137. The van der Waals surface area contributed by atoms with Gasteiger partial charge in [-0.1, -0.05) is 35.5 Å². The van der Waals surface area contributed by atoms with Crippen LogP contribution in [0.4, 0.5) is 17.6 Å². The number of hydrogen-bond donors (Lipinski definition) is 2. The van der Waals surface area contributed by atoms with Crippen LogP contribution in [-0.4, -0.2) is 20.4 Å². The van der Waals surface area contributed by atoms with E-state index in [1.807, 2.05) is 0 Å². The Labute approximate surface area is 185 Å². The molecule has 0 bridgehead atoms. The highest BCUT2D eigenvalue weighted by Crippen LogP contribution is 2.39. The molecule has 3 aromatic carbocycles. The molecule has 0 fully saturated rings. The lowest BCUT2D eigenvalue weighted by Gasteiger charge is -2.15. The Bertz CT molecular complexity index is 1320. The smallest absolute Gasteiger partial charge is 0.392 e. The average Bonchev–Trinajstić information content (AvgIpc) is 3.29. The maximum atomic E-state index is 15.0.